The van der Waals surface area contributed by atoms with Gasteiger partial charge in [0.15, 0.2) is 0 Å². The fraction of sp³-hybridized carbons (Fsp3) is 0.529. The monoisotopic (exact) mass is 340 g/mol. The van der Waals surface area contributed by atoms with Gasteiger partial charge in [-0.3, -0.25) is 9.69 Å². The molecular formula is C17H19F3N2O2. The van der Waals surface area contributed by atoms with Crippen LogP contribution in [-0.4, -0.2) is 22.4 Å². The first-order valence-corrected chi connectivity index (χ1v) is 8.04. The van der Waals surface area contributed by atoms with E-state index in [1.807, 2.05) is 6.92 Å². The van der Waals surface area contributed by atoms with Crippen LogP contribution in [0, 0.1) is 5.92 Å². The van der Waals surface area contributed by atoms with Gasteiger partial charge >= 0.3 is 12.2 Å². The molecule has 0 unspecified atom stereocenters. The van der Waals surface area contributed by atoms with Crippen molar-refractivity contribution in [3.05, 3.63) is 35.4 Å². The minimum Gasteiger partial charge on any atom is -0.323 e. The number of imide groups is 1. The molecule has 1 aliphatic heterocycles. The van der Waals surface area contributed by atoms with Gasteiger partial charge in [-0.15, -0.1) is 0 Å². The van der Waals surface area contributed by atoms with Crippen LogP contribution in [-0.2, 0) is 17.5 Å². The van der Waals surface area contributed by atoms with Crippen molar-refractivity contribution in [2.45, 2.75) is 50.9 Å². The Hall–Kier alpha value is -2.05. The number of rotatable bonds is 2. The molecule has 0 radical (unpaired) electrons. The average molecular weight is 340 g/mol. The molecule has 2 atom stereocenters. The van der Waals surface area contributed by atoms with Crippen molar-refractivity contribution in [2.75, 3.05) is 0 Å². The first kappa shape index (κ1) is 16.8. The molecule has 1 saturated carbocycles. The van der Waals surface area contributed by atoms with Gasteiger partial charge < -0.3 is 5.32 Å². The Labute approximate surface area is 138 Å². The standard InChI is InChI=1S/C17H19F3N2O2/c1-11-4-2-3-9-16(11)14(23)22(15(24)21-16)10-12-5-7-13(8-6-12)17(18,19)20/h5-8,11H,2-4,9-10H2,1H3,(H,21,24)/t11-,16+/m1/s1. The number of carbonyl (C=O) groups is 2. The van der Waals surface area contributed by atoms with Crippen molar-refractivity contribution in [1.29, 1.82) is 0 Å². The molecule has 1 spiro atoms. The minimum atomic E-state index is -4.40. The fourth-order valence-corrected chi connectivity index (χ4v) is 3.62. The SMILES string of the molecule is C[C@@H]1CCCC[C@]12NC(=O)N(Cc1ccc(C(F)(F)F)cc1)C2=O. The Kier molecular flexibility index (Phi) is 4.05. The normalized spacial score (nSPS) is 27.7. The topological polar surface area (TPSA) is 49.4 Å². The molecule has 130 valence electrons. The molecule has 4 nitrogen and oxygen atoms in total. The maximum atomic E-state index is 12.8. The third-order valence-corrected chi connectivity index (χ3v) is 5.12. The van der Waals surface area contributed by atoms with E-state index in [-0.39, 0.29) is 18.4 Å². The van der Waals surface area contributed by atoms with Crippen LogP contribution in [0.5, 0.6) is 0 Å². The summed E-state index contributed by atoms with van der Waals surface area (Å²) in [5, 5.41) is 2.83. The number of urea groups is 1. The van der Waals surface area contributed by atoms with Crippen molar-refractivity contribution in [3.8, 4) is 0 Å². The second-order valence-electron chi connectivity index (χ2n) is 6.63. The van der Waals surface area contributed by atoms with Crippen LogP contribution < -0.4 is 5.32 Å². The van der Waals surface area contributed by atoms with Gasteiger partial charge in [-0.25, -0.2) is 4.79 Å². The summed E-state index contributed by atoms with van der Waals surface area (Å²) in [6, 6.07) is 4.07. The lowest BCUT2D eigenvalue weighted by atomic mass is 9.73. The van der Waals surface area contributed by atoms with Crippen LogP contribution >= 0.6 is 0 Å². The van der Waals surface area contributed by atoms with E-state index in [2.05, 4.69) is 5.32 Å². The third-order valence-electron chi connectivity index (χ3n) is 5.12. The lowest BCUT2D eigenvalue weighted by molar-refractivity contribution is -0.138. The van der Waals surface area contributed by atoms with E-state index in [9.17, 15) is 22.8 Å². The number of nitrogens with one attached hydrogen (secondary N) is 1. The summed E-state index contributed by atoms with van der Waals surface area (Å²) < 4.78 is 37.8. The first-order valence-electron chi connectivity index (χ1n) is 8.04. The van der Waals surface area contributed by atoms with Crippen LogP contribution in [0.25, 0.3) is 0 Å². The van der Waals surface area contributed by atoms with Gasteiger partial charge in [-0.1, -0.05) is 31.9 Å². The predicted octanol–water partition coefficient (Wildman–Crippen LogP) is 3.71. The van der Waals surface area contributed by atoms with Crippen molar-refractivity contribution >= 4 is 11.9 Å². The summed E-state index contributed by atoms with van der Waals surface area (Å²) in [5.41, 5.74) is -1.10. The highest BCUT2D eigenvalue weighted by Gasteiger charge is 2.54. The Morgan fingerprint density at radius 2 is 1.88 bits per heavy atom. The number of benzene rings is 1. The molecule has 2 fully saturated rings. The quantitative estimate of drug-likeness (QED) is 0.835. The second kappa shape index (κ2) is 5.79. The lowest BCUT2D eigenvalue weighted by Gasteiger charge is -2.36. The van der Waals surface area contributed by atoms with Crippen molar-refractivity contribution in [2.24, 2.45) is 5.92 Å². The average Bonchev–Trinajstić information content (AvgIpc) is 2.75. The molecule has 0 aromatic heterocycles. The highest BCUT2D eigenvalue weighted by Crippen LogP contribution is 2.38. The van der Waals surface area contributed by atoms with Gasteiger partial charge in [0.2, 0.25) is 0 Å². The smallest absolute Gasteiger partial charge is 0.323 e. The van der Waals surface area contributed by atoms with Gasteiger partial charge in [-0.05, 0) is 36.5 Å². The number of hydrogen-bond donors (Lipinski definition) is 1. The molecule has 24 heavy (non-hydrogen) atoms. The summed E-state index contributed by atoms with van der Waals surface area (Å²) in [4.78, 5) is 26.2. The predicted molar refractivity (Wildman–Crippen MR) is 80.9 cm³/mol. The van der Waals surface area contributed by atoms with Gasteiger partial charge in [0.25, 0.3) is 5.91 Å². The summed E-state index contributed by atoms with van der Waals surface area (Å²) in [5.74, 6) is -0.208. The number of nitrogens with zero attached hydrogens (tertiary/aromatic N) is 1. The second-order valence-corrected chi connectivity index (χ2v) is 6.63. The summed E-state index contributed by atoms with van der Waals surface area (Å²) in [6.45, 7) is 1.94. The Balaban J connectivity index is 1.78. The van der Waals surface area contributed by atoms with E-state index in [1.54, 1.807) is 0 Å². The zero-order valence-corrected chi connectivity index (χ0v) is 13.3. The molecule has 3 amide bonds. The van der Waals surface area contributed by atoms with Crippen molar-refractivity contribution < 1.29 is 22.8 Å². The zero-order valence-electron chi connectivity index (χ0n) is 13.3. The number of alkyl halides is 3. The van der Waals surface area contributed by atoms with Gasteiger partial charge in [0.1, 0.15) is 5.54 Å². The molecule has 1 heterocycles. The van der Waals surface area contributed by atoms with Crippen molar-refractivity contribution in [1.82, 2.24) is 10.2 Å². The zero-order chi connectivity index (χ0) is 17.5. The van der Waals surface area contributed by atoms with E-state index < -0.39 is 23.3 Å². The molecule has 0 bridgehead atoms. The van der Waals surface area contributed by atoms with E-state index in [1.165, 1.54) is 12.1 Å². The Morgan fingerprint density at radius 3 is 2.46 bits per heavy atom. The van der Waals surface area contributed by atoms with E-state index in [0.29, 0.717) is 12.0 Å². The van der Waals surface area contributed by atoms with Crippen molar-refractivity contribution in [3.63, 3.8) is 0 Å². The molecule has 1 aliphatic carbocycles. The highest BCUT2D eigenvalue weighted by atomic mass is 19.4. The third kappa shape index (κ3) is 2.76. The molecule has 1 aromatic rings. The van der Waals surface area contributed by atoms with Crippen LogP contribution in [0.3, 0.4) is 0 Å². The molecular weight excluding hydrogens is 321 g/mol. The van der Waals surface area contributed by atoms with Crippen LogP contribution in [0.2, 0.25) is 0 Å². The lowest BCUT2D eigenvalue weighted by Crippen LogP contribution is -2.53. The minimum absolute atomic E-state index is 0.0166. The number of halogens is 3. The Morgan fingerprint density at radius 1 is 1.21 bits per heavy atom. The van der Waals surface area contributed by atoms with Crippen LogP contribution in [0.4, 0.5) is 18.0 Å². The largest absolute Gasteiger partial charge is 0.416 e. The number of amides is 3. The molecule has 1 saturated heterocycles. The maximum Gasteiger partial charge on any atom is 0.416 e. The van der Waals surface area contributed by atoms with Gasteiger partial charge in [-0.2, -0.15) is 13.2 Å². The molecule has 2 aliphatic rings. The fourth-order valence-electron chi connectivity index (χ4n) is 3.62. The summed E-state index contributed by atoms with van der Waals surface area (Å²) in [6.07, 6.45) is -1.00. The van der Waals surface area contributed by atoms with Gasteiger partial charge in [0.05, 0.1) is 12.1 Å². The summed E-state index contributed by atoms with van der Waals surface area (Å²) >= 11 is 0. The summed E-state index contributed by atoms with van der Waals surface area (Å²) in [7, 11) is 0. The number of hydrogen-bond acceptors (Lipinski definition) is 2. The van der Waals surface area contributed by atoms with E-state index in [0.717, 1.165) is 36.3 Å². The molecule has 3 rings (SSSR count). The molecule has 7 heteroatoms. The van der Waals surface area contributed by atoms with Crippen LogP contribution in [0.15, 0.2) is 24.3 Å². The molecule has 1 N–H and O–H groups in total. The van der Waals surface area contributed by atoms with Gasteiger partial charge in [0, 0.05) is 0 Å². The maximum absolute atomic E-state index is 12.8. The molecule has 1 aromatic carbocycles. The first-order chi connectivity index (χ1) is 11.2. The van der Waals surface area contributed by atoms with Crippen LogP contribution in [0.1, 0.15) is 43.7 Å². The van der Waals surface area contributed by atoms with E-state index in [4.69, 9.17) is 0 Å². The number of carbonyl (C=O) groups excluding carboxylic acids is 2. The highest BCUT2D eigenvalue weighted by molar-refractivity contribution is 6.07. The van der Waals surface area contributed by atoms with E-state index >= 15 is 0 Å². The Bertz CT molecular complexity index is 657.